The van der Waals surface area contributed by atoms with Crippen molar-refractivity contribution in [1.82, 2.24) is 4.90 Å². The second-order valence-electron chi connectivity index (χ2n) is 8.68. The summed E-state index contributed by atoms with van der Waals surface area (Å²) in [5, 5.41) is 11.9. The summed E-state index contributed by atoms with van der Waals surface area (Å²) in [6.07, 6.45) is -0.442. The number of nitrogens with zero attached hydrogens (tertiary/aromatic N) is 1. The van der Waals surface area contributed by atoms with Crippen LogP contribution in [-0.2, 0) is 9.16 Å². The number of methoxy groups -OCH3 is 1. The van der Waals surface area contributed by atoms with Crippen LogP contribution in [0.2, 0.25) is 5.04 Å². The number of carboxylic acid groups (broad SMARTS) is 1. The van der Waals surface area contributed by atoms with Crippen LogP contribution in [-0.4, -0.2) is 56.8 Å². The molecule has 1 saturated heterocycles. The molecule has 1 aliphatic rings. The van der Waals surface area contributed by atoms with Crippen molar-refractivity contribution in [3.05, 3.63) is 60.7 Å². The zero-order chi connectivity index (χ0) is 21.1. The van der Waals surface area contributed by atoms with Crippen molar-refractivity contribution in [2.75, 3.05) is 20.3 Å². The molecule has 2 aromatic carbocycles. The van der Waals surface area contributed by atoms with Crippen LogP contribution < -0.4 is 10.4 Å². The summed E-state index contributed by atoms with van der Waals surface area (Å²) in [4.78, 5) is 13.2. The highest BCUT2D eigenvalue weighted by Gasteiger charge is 2.53. The number of carbonyl (C=O) groups is 1. The van der Waals surface area contributed by atoms with Gasteiger partial charge >= 0.3 is 6.09 Å². The van der Waals surface area contributed by atoms with E-state index in [0.717, 1.165) is 0 Å². The van der Waals surface area contributed by atoms with E-state index in [1.807, 2.05) is 12.1 Å². The van der Waals surface area contributed by atoms with E-state index in [1.165, 1.54) is 15.3 Å². The fourth-order valence-corrected chi connectivity index (χ4v) is 9.17. The highest BCUT2D eigenvalue weighted by molar-refractivity contribution is 6.99. The Bertz CT molecular complexity index is 767. The molecule has 1 fully saturated rings. The summed E-state index contributed by atoms with van der Waals surface area (Å²) in [5.41, 5.74) is 0. The summed E-state index contributed by atoms with van der Waals surface area (Å²) in [6.45, 7) is 7.45. The topological polar surface area (TPSA) is 59.0 Å². The van der Waals surface area contributed by atoms with Crippen molar-refractivity contribution in [2.45, 2.75) is 44.4 Å². The van der Waals surface area contributed by atoms with E-state index in [1.54, 1.807) is 7.11 Å². The lowest BCUT2D eigenvalue weighted by Gasteiger charge is -2.44. The molecule has 0 saturated carbocycles. The molecule has 0 bridgehead atoms. The molecule has 1 amide bonds. The van der Waals surface area contributed by atoms with Gasteiger partial charge in [-0.3, -0.25) is 0 Å². The van der Waals surface area contributed by atoms with Crippen LogP contribution in [0.5, 0.6) is 0 Å². The normalized spacial score (nSPS) is 20.1. The molecule has 1 heterocycles. The molecule has 3 rings (SSSR count). The molecule has 6 heteroatoms. The van der Waals surface area contributed by atoms with Gasteiger partial charge in [0.25, 0.3) is 8.32 Å². The molecule has 0 aromatic heterocycles. The quantitative estimate of drug-likeness (QED) is 0.738. The predicted octanol–water partition coefficient (Wildman–Crippen LogP) is 3.33. The number of hydrogen-bond acceptors (Lipinski definition) is 3. The van der Waals surface area contributed by atoms with E-state index in [2.05, 4.69) is 69.3 Å². The lowest BCUT2D eigenvalue weighted by Crippen LogP contribution is -2.67. The van der Waals surface area contributed by atoms with Crippen molar-refractivity contribution in [3.63, 3.8) is 0 Å². The first kappa shape index (κ1) is 21.6. The Morgan fingerprint density at radius 2 is 1.59 bits per heavy atom. The van der Waals surface area contributed by atoms with Crippen molar-refractivity contribution < 1.29 is 19.1 Å². The maximum absolute atomic E-state index is 11.8. The average molecular weight is 414 g/mol. The predicted molar refractivity (Wildman–Crippen MR) is 118 cm³/mol. The number of rotatable bonds is 6. The third kappa shape index (κ3) is 4.24. The summed E-state index contributed by atoms with van der Waals surface area (Å²) in [7, 11) is -1.08. The largest absolute Gasteiger partial charge is 0.465 e. The molecular formula is C23H31NO4Si. The molecule has 5 nitrogen and oxygen atoms in total. The zero-order valence-electron chi connectivity index (χ0n) is 17.7. The Kier molecular flexibility index (Phi) is 6.46. The number of benzene rings is 2. The van der Waals surface area contributed by atoms with Gasteiger partial charge in [0.1, 0.15) is 0 Å². The Labute approximate surface area is 174 Å². The summed E-state index contributed by atoms with van der Waals surface area (Å²) in [5.74, 6) is 0. The lowest BCUT2D eigenvalue weighted by molar-refractivity contribution is 0.0986. The highest BCUT2D eigenvalue weighted by Crippen LogP contribution is 2.39. The Balaban J connectivity index is 2.06. The number of amides is 1. The fraction of sp³-hybridized carbons (Fsp3) is 0.435. The van der Waals surface area contributed by atoms with Crippen LogP contribution >= 0.6 is 0 Å². The molecule has 2 aromatic rings. The highest BCUT2D eigenvalue weighted by atomic mass is 28.4. The molecule has 1 N–H and O–H groups in total. The average Bonchev–Trinajstić information content (AvgIpc) is 3.09. The number of hydrogen-bond donors (Lipinski definition) is 1. The van der Waals surface area contributed by atoms with Crippen LogP contribution in [0.25, 0.3) is 0 Å². The second-order valence-corrected chi connectivity index (χ2v) is 12.9. The van der Waals surface area contributed by atoms with Crippen LogP contribution in [0.4, 0.5) is 4.79 Å². The summed E-state index contributed by atoms with van der Waals surface area (Å²) in [6, 6.07) is 20.7. The number of ether oxygens (including phenoxy) is 1. The van der Waals surface area contributed by atoms with Gasteiger partial charge in [0.05, 0.1) is 18.8 Å². The summed E-state index contributed by atoms with van der Waals surface area (Å²) >= 11 is 0. The first-order valence-electron chi connectivity index (χ1n) is 10.1. The van der Waals surface area contributed by atoms with Crippen molar-refractivity contribution >= 4 is 24.8 Å². The minimum absolute atomic E-state index is 0.136. The van der Waals surface area contributed by atoms with Gasteiger partial charge in [0.15, 0.2) is 0 Å². The molecule has 156 valence electrons. The molecule has 0 aliphatic carbocycles. The fourth-order valence-electron chi connectivity index (χ4n) is 4.49. The maximum atomic E-state index is 11.8. The van der Waals surface area contributed by atoms with E-state index < -0.39 is 14.4 Å². The second kappa shape index (κ2) is 8.69. The monoisotopic (exact) mass is 413 g/mol. The molecule has 2 atom stereocenters. The van der Waals surface area contributed by atoms with Gasteiger partial charge in [-0.1, -0.05) is 81.4 Å². The van der Waals surface area contributed by atoms with Crippen LogP contribution in [0.1, 0.15) is 27.2 Å². The smallest absolute Gasteiger partial charge is 0.407 e. The van der Waals surface area contributed by atoms with Crippen LogP contribution in [0.15, 0.2) is 60.7 Å². The minimum atomic E-state index is -2.69. The van der Waals surface area contributed by atoms with E-state index in [0.29, 0.717) is 19.6 Å². The van der Waals surface area contributed by atoms with Crippen LogP contribution in [0, 0.1) is 0 Å². The van der Waals surface area contributed by atoms with Gasteiger partial charge in [-0.15, -0.1) is 0 Å². The van der Waals surface area contributed by atoms with Gasteiger partial charge < -0.3 is 19.2 Å². The maximum Gasteiger partial charge on any atom is 0.407 e. The zero-order valence-corrected chi connectivity index (χ0v) is 18.7. The molecule has 29 heavy (non-hydrogen) atoms. The first-order chi connectivity index (χ1) is 13.8. The standard InChI is InChI=1S/C23H31NO4Si/c1-23(2,3)29(20-11-7-5-8-12-20,21-13-9-6-10-14-21)28-19-15-18(17-27-4)24(16-19)22(25)26/h5-14,18-19H,15-17H2,1-4H3,(H,25,26)/t18-,19-/m1/s1. The third-order valence-electron chi connectivity index (χ3n) is 5.74. The van der Waals surface area contributed by atoms with Crippen LogP contribution in [0.3, 0.4) is 0 Å². The van der Waals surface area contributed by atoms with Gasteiger partial charge in [-0.2, -0.15) is 0 Å². The SMILES string of the molecule is COC[C@H]1C[C@@H](O[Si](c2ccccc2)(c2ccccc2)C(C)(C)C)CN1C(=O)O. The van der Waals surface area contributed by atoms with Crippen molar-refractivity contribution in [2.24, 2.45) is 0 Å². The van der Waals surface area contributed by atoms with Gasteiger partial charge in [0.2, 0.25) is 0 Å². The molecular weight excluding hydrogens is 382 g/mol. The van der Waals surface area contributed by atoms with Gasteiger partial charge in [0, 0.05) is 13.7 Å². The van der Waals surface area contributed by atoms with E-state index in [9.17, 15) is 9.90 Å². The lowest BCUT2D eigenvalue weighted by atomic mass is 10.2. The Hall–Kier alpha value is -2.15. The summed E-state index contributed by atoms with van der Waals surface area (Å²) < 4.78 is 12.3. The minimum Gasteiger partial charge on any atom is -0.465 e. The molecule has 0 unspecified atom stereocenters. The Morgan fingerprint density at radius 1 is 1.07 bits per heavy atom. The Morgan fingerprint density at radius 3 is 2.00 bits per heavy atom. The van der Waals surface area contributed by atoms with Gasteiger partial charge in [-0.25, -0.2) is 4.79 Å². The van der Waals surface area contributed by atoms with Crippen molar-refractivity contribution in [3.8, 4) is 0 Å². The van der Waals surface area contributed by atoms with Crippen molar-refractivity contribution in [1.29, 1.82) is 0 Å². The van der Waals surface area contributed by atoms with E-state index in [-0.39, 0.29) is 17.2 Å². The molecule has 0 radical (unpaired) electrons. The van der Waals surface area contributed by atoms with E-state index >= 15 is 0 Å². The van der Waals surface area contributed by atoms with Gasteiger partial charge in [-0.05, 0) is 21.8 Å². The first-order valence-corrected chi connectivity index (χ1v) is 12.0. The molecule has 0 spiro atoms. The van der Waals surface area contributed by atoms with E-state index in [4.69, 9.17) is 9.16 Å². The molecule has 1 aliphatic heterocycles. The third-order valence-corrected chi connectivity index (χ3v) is 10.8. The number of likely N-dealkylation sites (tertiary alicyclic amines) is 1.